The molecule has 6 nitrogen and oxygen atoms in total. The first-order valence-electron chi connectivity index (χ1n) is 8.30. The molecule has 3 N–H and O–H groups in total. The Kier molecular flexibility index (Phi) is 4.15. The zero-order valence-corrected chi connectivity index (χ0v) is 14.3. The predicted octanol–water partition coefficient (Wildman–Crippen LogP) is 1.36. The third-order valence-corrected chi connectivity index (χ3v) is 5.19. The Labute approximate surface area is 141 Å². The second kappa shape index (κ2) is 6.00. The summed E-state index contributed by atoms with van der Waals surface area (Å²) in [6.07, 6.45) is 1.54. The van der Waals surface area contributed by atoms with Crippen LogP contribution in [-0.2, 0) is 15.0 Å². The van der Waals surface area contributed by atoms with Crippen molar-refractivity contribution in [2.45, 2.75) is 38.1 Å². The van der Waals surface area contributed by atoms with Gasteiger partial charge in [-0.05, 0) is 37.0 Å². The van der Waals surface area contributed by atoms with Crippen LogP contribution in [0, 0.1) is 11.8 Å². The molecule has 1 spiro atoms. The quantitative estimate of drug-likeness (QED) is 0.852. The average molecular weight is 332 g/mol. The molecule has 0 aromatic heterocycles. The largest absolute Gasteiger partial charge is 0.497 e. The first-order chi connectivity index (χ1) is 11.4. The van der Waals surface area contributed by atoms with Crippen molar-refractivity contribution in [1.29, 1.82) is 0 Å². The molecule has 1 aliphatic heterocycles. The zero-order chi connectivity index (χ0) is 17.5. The van der Waals surface area contributed by atoms with Gasteiger partial charge in [-0.3, -0.25) is 9.59 Å². The van der Waals surface area contributed by atoms with Crippen molar-refractivity contribution in [2.75, 3.05) is 13.7 Å². The Morgan fingerprint density at radius 2 is 2.17 bits per heavy atom. The molecule has 130 valence electrons. The van der Waals surface area contributed by atoms with E-state index in [-0.39, 0.29) is 23.2 Å². The Balaban J connectivity index is 1.81. The van der Waals surface area contributed by atoms with Crippen LogP contribution in [-0.4, -0.2) is 31.6 Å². The van der Waals surface area contributed by atoms with E-state index in [0.717, 1.165) is 29.9 Å². The number of ether oxygens (including phenoxy) is 2. The predicted molar refractivity (Wildman–Crippen MR) is 88.9 cm³/mol. The number of nitrogens with two attached hydrogens (primary N) is 1. The lowest BCUT2D eigenvalue weighted by molar-refractivity contribution is -0.129. The van der Waals surface area contributed by atoms with E-state index in [1.165, 1.54) is 0 Å². The lowest BCUT2D eigenvalue weighted by Gasteiger charge is -2.28. The lowest BCUT2D eigenvalue weighted by atomic mass is 9.87. The molecule has 0 saturated heterocycles. The highest BCUT2D eigenvalue weighted by Crippen LogP contribution is 2.61. The summed E-state index contributed by atoms with van der Waals surface area (Å²) in [5.41, 5.74) is 6.21. The summed E-state index contributed by atoms with van der Waals surface area (Å²) < 4.78 is 11.0. The minimum Gasteiger partial charge on any atom is -0.497 e. The van der Waals surface area contributed by atoms with E-state index in [4.69, 9.17) is 15.2 Å². The fourth-order valence-corrected chi connectivity index (χ4v) is 3.67. The van der Waals surface area contributed by atoms with Gasteiger partial charge in [-0.1, -0.05) is 13.8 Å². The second-order valence-corrected chi connectivity index (χ2v) is 7.01. The SMILES string of the molecule is COc1ccc2c(c1)[C@@]1(CCO2)C[C@@H]1C(=O)NC(C(N)=O)C(C)C. The van der Waals surface area contributed by atoms with Crippen LogP contribution in [0.4, 0.5) is 0 Å². The second-order valence-electron chi connectivity index (χ2n) is 7.01. The summed E-state index contributed by atoms with van der Waals surface area (Å²) in [5, 5.41) is 2.82. The minimum absolute atomic E-state index is 0.0387. The van der Waals surface area contributed by atoms with Gasteiger partial charge in [0.05, 0.1) is 13.7 Å². The molecular weight excluding hydrogens is 308 g/mol. The van der Waals surface area contributed by atoms with E-state index >= 15 is 0 Å². The summed E-state index contributed by atoms with van der Waals surface area (Å²) in [4.78, 5) is 24.2. The van der Waals surface area contributed by atoms with Gasteiger partial charge in [0.1, 0.15) is 17.5 Å². The lowest BCUT2D eigenvalue weighted by Crippen LogP contribution is -2.48. The summed E-state index contributed by atoms with van der Waals surface area (Å²) in [6.45, 7) is 4.33. The molecule has 1 saturated carbocycles. The number of benzene rings is 1. The van der Waals surface area contributed by atoms with Gasteiger partial charge in [0.15, 0.2) is 0 Å². The Morgan fingerprint density at radius 3 is 2.79 bits per heavy atom. The van der Waals surface area contributed by atoms with Crippen LogP contribution in [0.1, 0.15) is 32.3 Å². The molecule has 1 unspecified atom stereocenters. The van der Waals surface area contributed by atoms with Crippen LogP contribution in [0.15, 0.2) is 18.2 Å². The van der Waals surface area contributed by atoms with Crippen molar-refractivity contribution in [2.24, 2.45) is 17.6 Å². The highest BCUT2D eigenvalue weighted by molar-refractivity contribution is 5.90. The van der Waals surface area contributed by atoms with E-state index in [9.17, 15) is 9.59 Å². The molecule has 1 heterocycles. The molecule has 1 aliphatic carbocycles. The molecule has 3 rings (SSSR count). The summed E-state index contributed by atoms with van der Waals surface area (Å²) in [6, 6.07) is 5.06. The van der Waals surface area contributed by atoms with Crippen molar-refractivity contribution in [3.05, 3.63) is 23.8 Å². The summed E-state index contributed by atoms with van der Waals surface area (Å²) >= 11 is 0. The Bertz CT molecular complexity index is 673. The normalized spacial score (nSPS) is 25.6. The molecule has 1 fully saturated rings. The number of rotatable bonds is 5. The van der Waals surface area contributed by atoms with Gasteiger partial charge in [0.25, 0.3) is 0 Å². The highest BCUT2D eigenvalue weighted by Gasteiger charge is 2.61. The number of primary amides is 1. The van der Waals surface area contributed by atoms with Crippen LogP contribution in [0.25, 0.3) is 0 Å². The van der Waals surface area contributed by atoms with Gasteiger partial charge in [0, 0.05) is 16.9 Å². The maximum atomic E-state index is 12.7. The number of amides is 2. The third kappa shape index (κ3) is 2.70. The Hall–Kier alpha value is -2.24. The highest BCUT2D eigenvalue weighted by atomic mass is 16.5. The Morgan fingerprint density at radius 1 is 1.42 bits per heavy atom. The summed E-state index contributed by atoms with van der Waals surface area (Å²) in [5.74, 6) is 0.760. The monoisotopic (exact) mass is 332 g/mol. The van der Waals surface area contributed by atoms with Gasteiger partial charge in [-0.15, -0.1) is 0 Å². The topological polar surface area (TPSA) is 90.7 Å². The van der Waals surface area contributed by atoms with Crippen LogP contribution in [0.5, 0.6) is 11.5 Å². The number of hydrogen-bond donors (Lipinski definition) is 2. The van der Waals surface area contributed by atoms with Crippen molar-refractivity contribution in [3.63, 3.8) is 0 Å². The van der Waals surface area contributed by atoms with E-state index in [1.54, 1.807) is 7.11 Å². The van der Waals surface area contributed by atoms with Gasteiger partial charge < -0.3 is 20.5 Å². The molecule has 3 atom stereocenters. The van der Waals surface area contributed by atoms with Crippen molar-refractivity contribution < 1.29 is 19.1 Å². The van der Waals surface area contributed by atoms with Gasteiger partial charge >= 0.3 is 0 Å². The number of hydrogen-bond acceptors (Lipinski definition) is 4. The first-order valence-corrected chi connectivity index (χ1v) is 8.30. The van der Waals surface area contributed by atoms with Crippen LogP contribution in [0.2, 0.25) is 0 Å². The zero-order valence-electron chi connectivity index (χ0n) is 14.3. The van der Waals surface area contributed by atoms with Gasteiger partial charge in [-0.2, -0.15) is 0 Å². The number of carbonyl (C=O) groups excluding carboxylic acids is 2. The first kappa shape index (κ1) is 16.6. The van der Waals surface area contributed by atoms with E-state index in [2.05, 4.69) is 5.32 Å². The maximum absolute atomic E-state index is 12.7. The number of carbonyl (C=O) groups is 2. The van der Waals surface area contributed by atoms with Crippen molar-refractivity contribution >= 4 is 11.8 Å². The molecule has 0 radical (unpaired) electrons. The third-order valence-electron chi connectivity index (χ3n) is 5.19. The van der Waals surface area contributed by atoms with E-state index < -0.39 is 11.9 Å². The summed E-state index contributed by atoms with van der Waals surface area (Å²) in [7, 11) is 1.62. The average Bonchev–Trinajstić information content (AvgIpc) is 3.26. The molecular formula is C18H24N2O4. The molecule has 2 amide bonds. The number of fused-ring (bicyclic) bond motifs is 2. The number of nitrogens with one attached hydrogen (secondary N) is 1. The van der Waals surface area contributed by atoms with Gasteiger partial charge in [-0.25, -0.2) is 0 Å². The molecule has 1 aromatic carbocycles. The minimum atomic E-state index is -0.639. The fourth-order valence-electron chi connectivity index (χ4n) is 3.67. The smallest absolute Gasteiger partial charge is 0.240 e. The van der Waals surface area contributed by atoms with Crippen LogP contribution >= 0.6 is 0 Å². The molecule has 2 aliphatic rings. The van der Waals surface area contributed by atoms with E-state index in [1.807, 2.05) is 32.0 Å². The fraction of sp³-hybridized carbons (Fsp3) is 0.556. The van der Waals surface area contributed by atoms with E-state index in [0.29, 0.717) is 6.61 Å². The molecule has 24 heavy (non-hydrogen) atoms. The van der Waals surface area contributed by atoms with Crippen LogP contribution in [0.3, 0.4) is 0 Å². The van der Waals surface area contributed by atoms with Gasteiger partial charge in [0.2, 0.25) is 11.8 Å². The van der Waals surface area contributed by atoms with Crippen molar-refractivity contribution in [3.8, 4) is 11.5 Å². The molecule has 0 bridgehead atoms. The standard InChI is InChI=1S/C18H24N2O4/c1-10(2)15(16(19)21)20-17(22)13-9-18(13)6-7-24-14-5-4-11(23-3)8-12(14)18/h4-5,8,10,13,15H,6-7,9H2,1-3H3,(H2,19,21)(H,20,22)/t13-,15?,18-/m1/s1. The molecule has 1 aromatic rings. The van der Waals surface area contributed by atoms with Crippen molar-refractivity contribution in [1.82, 2.24) is 5.32 Å². The van der Waals surface area contributed by atoms with Crippen LogP contribution < -0.4 is 20.5 Å². The maximum Gasteiger partial charge on any atom is 0.240 e. The number of methoxy groups -OCH3 is 1. The molecule has 6 heteroatoms.